The fourth-order valence-electron chi connectivity index (χ4n) is 7.75. The molecule has 0 aliphatic carbocycles. The SMILES string of the molecule is Cc1nc(COc2ccc(CCC[C@](NC(=O)O[C@H]3CO[C@H]4OCC[C@H]43)(OCCOCC(=O)N(C)CCc3ccccn3)C(=O)OCN(CC(C)C)S(=O)(=O)c3ccc4c(c3)OCO4)cc2)cs1. The van der Waals surface area contributed by atoms with E-state index in [-0.39, 0.29) is 81.0 Å². The summed E-state index contributed by atoms with van der Waals surface area (Å²) in [6.07, 6.45) is 1.23. The molecule has 19 nitrogen and oxygen atoms in total. The summed E-state index contributed by atoms with van der Waals surface area (Å²) >= 11 is 1.55. The maximum atomic E-state index is 14.7. The van der Waals surface area contributed by atoms with Gasteiger partial charge in [0.2, 0.25) is 28.4 Å². The second-order valence-electron chi connectivity index (χ2n) is 17.0. The van der Waals surface area contributed by atoms with Gasteiger partial charge in [-0.05, 0) is 74.1 Å². The summed E-state index contributed by atoms with van der Waals surface area (Å²) in [6, 6.07) is 17.3. The number of aryl methyl sites for hydroxylation is 2. The minimum Gasteiger partial charge on any atom is -0.487 e. The fourth-order valence-corrected chi connectivity index (χ4v) is 9.82. The number of aromatic nitrogens is 2. The van der Waals surface area contributed by atoms with Crippen molar-refractivity contribution in [2.75, 3.05) is 66.7 Å². The van der Waals surface area contributed by atoms with Gasteiger partial charge in [0.15, 0.2) is 24.5 Å². The number of sulfonamides is 1. The molecule has 0 bridgehead atoms. The van der Waals surface area contributed by atoms with E-state index in [0.717, 1.165) is 26.3 Å². The van der Waals surface area contributed by atoms with Crippen molar-refractivity contribution in [1.29, 1.82) is 0 Å². The van der Waals surface area contributed by atoms with Gasteiger partial charge in [0.05, 0.1) is 47.9 Å². The van der Waals surface area contributed by atoms with Crippen molar-refractivity contribution in [3.05, 3.63) is 94.2 Å². The Kier molecular flexibility index (Phi) is 17.6. The van der Waals surface area contributed by atoms with Crippen LogP contribution in [0.15, 0.2) is 77.1 Å². The van der Waals surface area contributed by atoms with Gasteiger partial charge in [0.1, 0.15) is 25.1 Å². The lowest BCUT2D eigenvalue weighted by Gasteiger charge is -2.33. The number of benzene rings is 2. The number of ether oxygens (including phenoxy) is 9. The smallest absolute Gasteiger partial charge is 0.410 e. The van der Waals surface area contributed by atoms with Crippen molar-refractivity contribution < 1.29 is 65.4 Å². The highest BCUT2D eigenvalue weighted by atomic mass is 32.2. The van der Waals surface area contributed by atoms with Crippen molar-refractivity contribution >= 4 is 39.3 Å². The molecule has 2 saturated heterocycles. The highest BCUT2D eigenvalue weighted by Crippen LogP contribution is 2.36. The number of nitrogens with zero attached hydrogens (tertiary/aromatic N) is 4. The van der Waals surface area contributed by atoms with Gasteiger partial charge >= 0.3 is 12.1 Å². The van der Waals surface area contributed by atoms with Gasteiger partial charge in [-0.1, -0.05) is 32.0 Å². The van der Waals surface area contributed by atoms with E-state index >= 15 is 0 Å². The van der Waals surface area contributed by atoms with E-state index < -0.39 is 46.9 Å². The van der Waals surface area contributed by atoms with Gasteiger partial charge in [0.25, 0.3) is 0 Å². The van der Waals surface area contributed by atoms with Crippen LogP contribution >= 0.6 is 11.3 Å². The van der Waals surface area contributed by atoms with Crippen LogP contribution in [-0.4, -0.2) is 130 Å². The van der Waals surface area contributed by atoms with Crippen LogP contribution in [0, 0.1) is 18.8 Å². The topological polar surface area (TPSA) is 213 Å². The normalized spacial score (nSPS) is 18.3. The number of alkyl carbamates (subject to hydrolysis) is 1. The lowest BCUT2D eigenvalue weighted by molar-refractivity contribution is -0.184. The van der Waals surface area contributed by atoms with Crippen LogP contribution in [0.5, 0.6) is 17.2 Å². The minimum absolute atomic E-state index is 0.0268. The molecule has 7 rings (SSSR count). The third-order valence-corrected chi connectivity index (χ3v) is 14.0. The summed E-state index contributed by atoms with van der Waals surface area (Å²) in [4.78, 5) is 51.8. The van der Waals surface area contributed by atoms with Crippen molar-refractivity contribution in [2.24, 2.45) is 11.8 Å². The maximum absolute atomic E-state index is 14.7. The highest BCUT2D eigenvalue weighted by molar-refractivity contribution is 7.89. The zero-order chi connectivity index (χ0) is 48.1. The van der Waals surface area contributed by atoms with Gasteiger partial charge in [-0.3, -0.25) is 15.1 Å². The van der Waals surface area contributed by atoms with Gasteiger partial charge in [-0.15, -0.1) is 11.3 Å². The average molecular weight is 982 g/mol. The molecule has 2 fully saturated rings. The average Bonchev–Trinajstić information content (AvgIpc) is 4.16. The first-order chi connectivity index (χ1) is 32.8. The predicted molar refractivity (Wildman–Crippen MR) is 245 cm³/mol. The lowest BCUT2D eigenvalue weighted by Crippen LogP contribution is -2.59. The Morgan fingerprint density at radius 2 is 1.82 bits per heavy atom. The van der Waals surface area contributed by atoms with Crippen LogP contribution < -0.4 is 19.5 Å². The Balaban J connectivity index is 1.07. The number of carbonyl (C=O) groups is 3. The molecular formula is C47H59N5O14S2. The summed E-state index contributed by atoms with van der Waals surface area (Å²) in [7, 11) is -2.61. The molecule has 68 heavy (non-hydrogen) atoms. The quantitative estimate of drug-likeness (QED) is 0.0511. The first-order valence-electron chi connectivity index (χ1n) is 22.6. The third-order valence-electron chi connectivity index (χ3n) is 11.4. The van der Waals surface area contributed by atoms with Crippen molar-refractivity contribution in [3.63, 3.8) is 0 Å². The number of rotatable bonds is 25. The molecule has 4 atom stereocenters. The Bertz CT molecular complexity index is 2410. The number of amides is 2. The molecule has 2 amide bonds. The number of pyridine rings is 1. The van der Waals surface area contributed by atoms with E-state index in [1.165, 1.54) is 23.1 Å². The molecule has 2 aromatic heterocycles. The molecule has 0 spiro atoms. The largest absolute Gasteiger partial charge is 0.487 e. The Hall–Kier alpha value is -5.42. The van der Waals surface area contributed by atoms with E-state index in [0.29, 0.717) is 50.5 Å². The van der Waals surface area contributed by atoms with Crippen molar-refractivity contribution in [1.82, 2.24) is 24.5 Å². The zero-order valence-electron chi connectivity index (χ0n) is 38.7. The lowest BCUT2D eigenvalue weighted by atomic mass is 10.0. The molecule has 0 radical (unpaired) electrons. The molecule has 4 aromatic rings. The van der Waals surface area contributed by atoms with Crippen molar-refractivity contribution in [2.45, 2.75) is 82.5 Å². The molecular weight excluding hydrogens is 923 g/mol. The van der Waals surface area contributed by atoms with Gasteiger partial charge < -0.3 is 47.5 Å². The van der Waals surface area contributed by atoms with Crippen LogP contribution in [0.1, 0.15) is 55.1 Å². The van der Waals surface area contributed by atoms with Gasteiger partial charge in [-0.2, -0.15) is 4.31 Å². The number of nitrogens with one attached hydrogen (secondary N) is 1. The van der Waals surface area contributed by atoms with Gasteiger partial charge in [-0.25, -0.2) is 23.0 Å². The van der Waals surface area contributed by atoms with Crippen LogP contribution in [-0.2, 0) is 67.5 Å². The second-order valence-corrected chi connectivity index (χ2v) is 20.0. The summed E-state index contributed by atoms with van der Waals surface area (Å²) in [6.45, 7) is 5.30. The Morgan fingerprint density at radius 3 is 2.59 bits per heavy atom. The molecule has 0 unspecified atom stereocenters. The third kappa shape index (κ3) is 13.6. The number of fused-ring (bicyclic) bond motifs is 2. The van der Waals surface area contributed by atoms with Crippen LogP contribution in [0.3, 0.4) is 0 Å². The monoisotopic (exact) mass is 981 g/mol. The van der Waals surface area contributed by atoms with E-state index in [2.05, 4.69) is 15.3 Å². The second kappa shape index (κ2) is 23.7. The first-order valence-corrected chi connectivity index (χ1v) is 24.9. The van der Waals surface area contributed by atoms with Crippen LogP contribution in [0.4, 0.5) is 4.79 Å². The molecule has 1 N–H and O–H groups in total. The summed E-state index contributed by atoms with van der Waals surface area (Å²) in [5.74, 6) is -0.456. The molecule has 5 heterocycles. The van der Waals surface area contributed by atoms with Crippen LogP contribution in [0.2, 0.25) is 0 Å². The molecule has 2 aromatic carbocycles. The van der Waals surface area contributed by atoms with Crippen LogP contribution in [0.25, 0.3) is 0 Å². The van der Waals surface area contributed by atoms with E-state index in [1.807, 2.05) is 68.6 Å². The van der Waals surface area contributed by atoms with E-state index in [4.69, 9.17) is 42.6 Å². The molecule has 0 saturated carbocycles. The van der Waals surface area contributed by atoms with E-state index in [1.54, 1.807) is 24.6 Å². The zero-order valence-corrected chi connectivity index (χ0v) is 40.3. The number of likely N-dealkylation sites (N-methyl/N-ethyl adjacent to an activating group) is 1. The van der Waals surface area contributed by atoms with Crippen molar-refractivity contribution in [3.8, 4) is 17.2 Å². The summed E-state index contributed by atoms with van der Waals surface area (Å²) in [5, 5.41) is 5.57. The number of esters is 1. The molecule has 21 heteroatoms. The number of thiazole rings is 1. The number of hydrogen-bond acceptors (Lipinski definition) is 17. The maximum Gasteiger partial charge on any atom is 0.410 e. The van der Waals surface area contributed by atoms with E-state index in [9.17, 15) is 22.8 Å². The fraction of sp³-hybridized carbons (Fsp3) is 0.511. The van der Waals surface area contributed by atoms with Gasteiger partial charge in [0, 0.05) is 56.3 Å². The minimum atomic E-state index is -4.27. The highest BCUT2D eigenvalue weighted by Gasteiger charge is 2.47. The molecule has 3 aliphatic rings. The number of carbonyl (C=O) groups excluding carboxylic acids is 3. The Labute approximate surface area is 400 Å². The summed E-state index contributed by atoms with van der Waals surface area (Å²) in [5.41, 5.74) is 0.347. The predicted octanol–water partition coefficient (Wildman–Crippen LogP) is 5.24. The number of hydrogen-bond donors (Lipinski definition) is 1. The molecule has 3 aliphatic heterocycles. The molecule has 368 valence electrons. The Morgan fingerprint density at radius 1 is 1.00 bits per heavy atom. The first kappa shape index (κ1) is 50.5. The summed E-state index contributed by atoms with van der Waals surface area (Å²) < 4.78 is 81.1. The standard InChI is InChI=1S/C47H59N5O14S2/c1-32(2)25-52(68(56,57)38-14-15-40-41(24-38)64-31-63-40)30-62-45(54)47(50-46(55)66-42-27-61-44-39(42)17-21-59-44,65-23-22-58-28-43(53)51(4)20-16-35-9-5-6-19-48-35)18-7-8-34-10-12-37(13-11-34)60-26-36-29-67-33(3)49-36/h5-6,9-15,19,24,29,32,39,42,44H,7-8,16-18,20-23,25-28,30-31H2,1-4H3,(H,50,55)/t39-,42-,44+,47-/m0/s1.